The summed E-state index contributed by atoms with van der Waals surface area (Å²) in [5.41, 5.74) is 3.65. The van der Waals surface area contributed by atoms with Gasteiger partial charge in [-0.2, -0.15) is 0 Å². The lowest BCUT2D eigenvalue weighted by Crippen LogP contribution is -2.02. The van der Waals surface area contributed by atoms with Crippen LogP contribution in [0.2, 0.25) is 0 Å². The van der Waals surface area contributed by atoms with Crippen LogP contribution in [-0.2, 0) is 4.79 Å². The molecule has 0 saturated carbocycles. The van der Waals surface area contributed by atoms with Crippen molar-refractivity contribution in [2.24, 2.45) is 4.99 Å². The van der Waals surface area contributed by atoms with E-state index in [-0.39, 0.29) is 0 Å². The van der Waals surface area contributed by atoms with Crippen molar-refractivity contribution >= 4 is 12.5 Å². The molecule has 0 radical (unpaired) electrons. The summed E-state index contributed by atoms with van der Waals surface area (Å²) in [6.07, 6.45) is 6.25. The molecule has 3 nitrogen and oxygen atoms in total. The zero-order chi connectivity index (χ0) is 14.3. The molecule has 3 heteroatoms. The first kappa shape index (κ1) is 14.9. The van der Waals surface area contributed by atoms with Gasteiger partial charge in [0.1, 0.15) is 6.29 Å². The fourth-order valence-corrected chi connectivity index (χ4v) is 1.44. The number of carbonyl (C=O) groups excluding carboxylic acids is 1. The van der Waals surface area contributed by atoms with Crippen LogP contribution in [0.1, 0.15) is 18.1 Å². The minimum Gasteiger partial charge on any atom is -0.382 e. The van der Waals surface area contributed by atoms with Gasteiger partial charge in [-0.25, -0.2) is 0 Å². The van der Waals surface area contributed by atoms with Gasteiger partial charge in [0.25, 0.3) is 0 Å². The highest BCUT2D eigenvalue weighted by molar-refractivity contribution is 5.81. The molecule has 0 aromatic heterocycles. The Morgan fingerprint density at radius 1 is 1.21 bits per heavy atom. The molecule has 19 heavy (non-hydrogen) atoms. The quantitative estimate of drug-likeness (QED) is 0.351. The molecule has 0 aliphatic carbocycles. The number of allylic oxidation sites excluding steroid dienone is 2. The number of hydrogen-bond donors (Lipinski definition) is 0. The predicted molar refractivity (Wildman–Crippen MR) is 80.4 cm³/mol. The molecule has 0 unspecified atom stereocenters. The van der Waals surface area contributed by atoms with Gasteiger partial charge in [0.15, 0.2) is 0 Å². The first-order valence-corrected chi connectivity index (χ1v) is 6.13. The Hall–Kier alpha value is -2.16. The van der Waals surface area contributed by atoms with Crippen molar-refractivity contribution in [3.63, 3.8) is 0 Å². The van der Waals surface area contributed by atoms with Gasteiger partial charge in [-0.3, -0.25) is 9.79 Å². The van der Waals surface area contributed by atoms with E-state index in [0.717, 1.165) is 17.5 Å². The van der Waals surface area contributed by atoms with Gasteiger partial charge in [0.05, 0.1) is 5.70 Å². The number of carbonyl (C=O) groups is 1. The zero-order valence-corrected chi connectivity index (χ0v) is 11.9. The van der Waals surface area contributed by atoms with E-state index in [2.05, 4.69) is 11.9 Å². The van der Waals surface area contributed by atoms with Crippen LogP contribution in [-0.4, -0.2) is 31.5 Å². The predicted octanol–water partition coefficient (Wildman–Crippen LogP) is 2.96. The minimum atomic E-state index is 0.647. The molecule has 1 rings (SSSR count). The Balaban J connectivity index is 2.95. The number of nitrogens with zero attached hydrogens (tertiary/aromatic N) is 2. The molecule has 0 bridgehead atoms. The van der Waals surface area contributed by atoms with E-state index in [1.807, 2.05) is 49.5 Å². The maximum Gasteiger partial charge on any atom is 0.145 e. The lowest BCUT2D eigenvalue weighted by molar-refractivity contribution is -0.104. The van der Waals surface area contributed by atoms with Crippen LogP contribution < -0.4 is 0 Å². The highest BCUT2D eigenvalue weighted by atomic mass is 16.1. The minimum absolute atomic E-state index is 0.647. The third-order valence-electron chi connectivity index (χ3n) is 2.39. The van der Waals surface area contributed by atoms with Crippen molar-refractivity contribution in [3.8, 4) is 0 Å². The standard InChI is InChI=1S/C16H20N2O/c1-13-5-7-15(8-6-13)10-17-16(11-18(3)4)9-14(2)12-19/h5-12H,1-4H3/b14-9-,16-11+,17-10+. The summed E-state index contributed by atoms with van der Waals surface area (Å²) < 4.78 is 0. The lowest BCUT2D eigenvalue weighted by Gasteiger charge is -2.05. The van der Waals surface area contributed by atoms with Gasteiger partial charge in [0, 0.05) is 26.5 Å². The van der Waals surface area contributed by atoms with Crippen molar-refractivity contribution in [1.29, 1.82) is 0 Å². The molecule has 0 fully saturated rings. The summed E-state index contributed by atoms with van der Waals surface area (Å²) in [6.45, 7) is 3.81. The second kappa shape index (κ2) is 7.31. The van der Waals surface area contributed by atoms with Gasteiger partial charge in [-0.05, 0) is 31.1 Å². The first-order chi connectivity index (χ1) is 9.01. The van der Waals surface area contributed by atoms with E-state index >= 15 is 0 Å². The molecular formula is C16H20N2O. The number of hydrogen-bond acceptors (Lipinski definition) is 3. The van der Waals surface area contributed by atoms with Gasteiger partial charge < -0.3 is 4.90 Å². The summed E-state index contributed by atoms with van der Waals surface area (Å²) in [7, 11) is 3.84. The third kappa shape index (κ3) is 5.82. The smallest absolute Gasteiger partial charge is 0.145 e. The molecule has 0 spiro atoms. The van der Waals surface area contributed by atoms with Gasteiger partial charge >= 0.3 is 0 Å². The van der Waals surface area contributed by atoms with Crippen LogP contribution in [0.15, 0.2) is 52.8 Å². The van der Waals surface area contributed by atoms with Crippen LogP contribution in [0.5, 0.6) is 0 Å². The SMILES string of the molecule is C/C(C=O)=C/C(=C\N(C)C)/N=C/c1ccc(C)cc1. The summed E-state index contributed by atoms with van der Waals surface area (Å²) in [4.78, 5) is 17.0. The second-order valence-electron chi connectivity index (χ2n) is 4.69. The van der Waals surface area contributed by atoms with E-state index in [0.29, 0.717) is 5.57 Å². The topological polar surface area (TPSA) is 32.7 Å². The fraction of sp³-hybridized carbons (Fsp3) is 0.250. The van der Waals surface area contributed by atoms with Crippen LogP contribution in [0.4, 0.5) is 0 Å². The molecule has 0 atom stereocenters. The second-order valence-corrected chi connectivity index (χ2v) is 4.69. The van der Waals surface area contributed by atoms with E-state index in [1.165, 1.54) is 5.56 Å². The van der Waals surface area contributed by atoms with Gasteiger partial charge in [-0.1, -0.05) is 29.8 Å². The maximum absolute atomic E-state index is 10.7. The summed E-state index contributed by atoms with van der Waals surface area (Å²) in [6, 6.07) is 8.12. The molecule has 0 N–H and O–H groups in total. The Morgan fingerprint density at radius 3 is 2.37 bits per heavy atom. The van der Waals surface area contributed by atoms with Crippen LogP contribution >= 0.6 is 0 Å². The summed E-state index contributed by atoms with van der Waals surface area (Å²) >= 11 is 0. The van der Waals surface area contributed by atoms with Crippen LogP contribution in [0.25, 0.3) is 0 Å². The van der Waals surface area contributed by atoms with Crippen molar-refractivity contribution in [2.45, 2.75) is 13.8 Å². The molecule has 1 aromatic rings. The monoisotopic (exact) mass is 256 g/mol. The Labute approximate surface area is 115 Å². The molecule has 0 aliphatic heterocycles. The molecule has 0 heterocycles. The van der Waals surface area contributed by atoms with Gasteiger partial charge in [-0.15, -0.1) is 0 Å². The van der Waals surface area contributed by atoms with Crippen molar-refractivity contribution < 1.29 is 4.79 Å². The van der Waals surface area contributed by atoms with Crippen LogP contribution in [0, 0.1) is 6.92 Å². The molecule has 0 amide bonds. The van der Waals surface area contributed by atoms with Gasteiger partial charge in [0.2, 0.25) is 0 Å². The maximum atomic E-state index is 10.7. The number of aliphatic imine (C=N–C) groups is 1. The van der Waals surface area contributed by atoms with E-state index in [4.69, 9.17) is 0 Å². The fourth-order valence-electron chi connectivity index (χ4n) is 1.44. The Bertz CT molecular complexity index is 508. The molecule has 0 aliphatic rings. The summed E-state index contributed by atoms with van der Waals surface area (Å²) in [5.74, 6) is 0. The normalized spacial score (nSPS) is 12.8. The molecule has 1 aromatic carbocycles. The molecule has 100 valence electrons. The number of rotatable bonds is 5. The van der Waals surface area contributed by atoms with Crippen molar-refractivity contribution in [3.05, 3.63) is 58.9 Å². The highest BCUT2D eigenvalue weighted by Gasteiger charge is 1.94. The Morgan fingerprint density at radius 2 is 1.84 bits per heavy atom. The number of benzene rings is 1. The van der Waals surface area contributed by atoms with E-state index in [9.17, 15) is 4.79 Å². The van der Waals surface area contributed by atoms with Crippen molar-refractivity contribution in [2.75, 3.05) is 14.1 Å². The summed E-state index contributed by atoms with van der Waals surface area (Å²) in [5, 5.41) is 0. The zero-order valence-electron chi connectivity index (χ0n) is 11.9. The van der Waals surface area contributed by atoms with Crippen molar-refractivity contribution in [1.82, 2.24) is 4.90 Å². The first-order valence-electron chi connectivity index (χ1n) is 6.13. The highest BCUT2D eigenvalue weighted by Crippen LogP contribution is 2.06. The van der Waals surface area contributed by atoms with E-state index in [1.54, 1.807) is 19.2 Å². The third-order valence-corrected chi connectivity index (χ3v) is 2.39. The lowest BCUT2D eigenvalue weighted by atomic mass is 10.2. The average molecular weight is 256 g/mol. The largest absolute Gasteiger partial charge is 0.382 e. The average Bonchev–Trinajstić information content (AvgIpc) is 2.37. The number of aryl methyl sites for hydroxylation is 1. The molecular weight excluding hydrogens is 236 g/mol. The Kier molecular flexibility index (Phi) is 5.73. The van der Waals surface area contributed by atoms with E-state index < -0.39 is 0 Å². The van der Waals surface area contributed by atoms with Crippen LogP contribution in [0.3, 0.4) is 0 Å². The molecule has 0 saturated heterocycles. The number of aldehydes is 1.